The summed E-state index contributed by atoms with van der Waals surface area (Å²) in [5, 5.41) is 0. The molecule has 1 fully saturated rings. The molecule has 1 aliphatic carbocycles. The third-order valence-corrected chi connectivity index (χ3v) is 3.84. The zero-order chi connectivity index (χ0) is 13.4. The molecule has 102 valence electrons. The second-order valence-corrected chi connectivity index (χ2v) is 5.16. The van der Waals surface area contributed by atoms with Crippen molar-refractivity contribution in [3.05, 3.63) is 18.2 Å². The average molecular weight is 260 g/mol. The Hall–Kier alpha value is -1.75. The number of ether oxygens (including phenoxy) is 1. The molecule has 0 atom stereocenters. The quantitative estimate of drug-likeness (QED) is 0.889. The van der Waals surface area contributed by atoms with Gasteiger partial charge in [-0.05, 0) is 32.0 Å². The Morgan fingerprint density at radius 3 is 2.95 bits per heavy atom. The highest BCUT2D eigenvalue weighted by Crippen LogP contribution is 2.28. The number of hydrogen-bond acceptors (Lipinski definition) is 4. The van der Waals surface area contributed by atoms with Gasteiger partial charge in [-0.25, -0.2) is 4.98 Å². The van der Waals surface area contributed by atoms with Crippen molar-refractivity contribution in [1.82, 2.24) is 14.5 Å². The highest BCUT2D eigenvalue weighted by molar-refractivity contribution is 5.84. The van der Waals surface area contributed by atoms with Gasteiger partial charge in [0.15, 0.2) is 0 Å². The Bertz CT molecular complexity index is 588. The van der Waals surface area contributed by atoms with Crippen molar-refractivity contribution >= 4 is 17.0 Å². The van der Waals surface area contributed by atoms with Gasteiger partial charge in [-0.1, -0.05) is 6.07 Å². The molecule has 19 heavy (non-hydrogen) atoms. The van der Waals surface area contributed by atoms with Crippen molar-refractivity contribution in [3.63, 3.8) is 0 Å². The fraction of sp³-hybridized carbons (Fsp3) is 0.500. The third-order valence-electron chi connectivity index (χ3n) is 3.84. The second-order valence-electron chi connectivity index (χ2n) is 5.16. The monoisotopic (exact) mass is 260 g/mol. The number of likely N-dealkylation sites (N-methyl/N-ethyl adjacent to an activating group) is 1. The molecule has 0 unspecified atom stereocenters. The van der Waals surface area contributed by atoms with Gasteiger partial charge in [-0.15, -0.1) is 0 Å². The fourth-order valence-electron chi connectivity index (χ4n) is 2.49. The lowest BCUT2D eigenvalue weighted by Crippen LogP contribution is -2.25. The lowest BCUT2D eigenvalue weighted by atomic mass is 10.3. The molecule has 0 spiro atoms. The molecule has 0 aliphatic heterocycles. The van der Waals surface area contributed by atoms with Crippen molar-refractivity contribution in [2.75, 3.05) is 26.4 Å². The van der Waals surface area contributed by atoms with Gasteiger partial charge in [0.05, 0.1) is 12.6 Å². The number of fused-ring (bicyclic) bond motifs is 1. The summed E-state index contributed by atoms with van der Waals surface area (Å²) < 4.78 is 7.39. The molecule has 2 aromatic rings. The molecular weight excluding hydrogens is 240 g/mol. The fourth-order valence-corrected chi connectivity index (χ4v) is 2.49. The van der Waals surface area contributed by atoms with Gasteiger partial charge in [0, 0.05) is 19.1 Å². The van der Waals surface area contributed by atoms with Crippen LogP contribution < -0.4 is 10.5 Å². The number of rotatable bonds is 5. The molecule has 0 radical (unpaired) electrons. The number of nitrogens with zero attached hydrogens (tertiary/aromatic N) is 3. The molecule has 1 aromatic carbocycles. The van der Waals surface area contributed by atoms with Gasteiger partial charge in [0.2, 0.25) is 5.95 Å². The van der Waals surface area contributed by atoms with E-state index in [2.05, 4.69) is 21.5 Å². The molecule has 5 nitrogen and oxygen atoms in total. The number of imidazole rings is 1. The number of benzene rings is 1. The van der Waals surface area contributed by atoms with E-state index in [1.807, 2.05) is 18.2 Å². The summed E-state index contributed by atoms with van der Waals surface area (Å²) in [7, 11) is 3.83. The number of anilines is 1. The average Bonchev–Trinajstić information content (AvgIpc) is 3.20. The van der Waals surface area contributed by atoms with Gasteiger partial charge in [0.1, 0.15) is 11.3 Å². The molecule has 0 saturated heterocycles. The number of para-hydroxylation sites is 1. The molecule has 1 aromatic heterocycles. The Kier molecular flexibility index (Phi) is 3.06. The van der Waals surface area contributed by atoms with Crippen LogP contribution in [0.3, 0.4) is 0 Å². The smallest absolute Gasteiger partial charge is 0.201 e. The number of nitrogen functional groups attached to an aromatic ring is 1. The van der Waals surface area contributed by atoms with Gasteiger partial charge < -0.3 is 19.9 Å². The molecule has 3 rings (SSSR count). The van der Waals surface area contributed by atoms with Crippen molar-refractivity contribution in [2.45, 2.75) is 25.4 Å². The molecule has 1 heterocycles. The van der Waals surface area contributed by atoms with Crippen molar-refractivity contribution in [3.8, 4) is 5.75 Å². The van der Waals surface area contributed by atoms with E-state index in [1.165, 1.54) is 12.8 Å². The van der Waals surface area contributed by atoms with E-state index in [4.69, 9.17) is 10.5 Å². The Morgan fingerprint density at radius 1 is 1.47 bits per heavy atom. The van der Waals surface area contributed by atoms with Gasteiger partial charge >= 0.3 is 0 Å². The second kappa shape index (κ2) is 4.74. The standard InChI is InChI=1S/C14H20N4O/c1-17(10-6-7-10)8-9-18-11-4-3-5-12(19-2)13(11)16-14(18)15/h3-5,10H,6-9H2,1-2H3,(H2,15,16). The lowest BCUT2D eigenvalue weighted by Gasteiger charge is -2.16. The first-order valence-corrected chi connectivity index (χ1v) is 6.69. The number of aromatic nitrogens is 2. The van der Waals surface area contributed by atoms with Crippen LogP contribution in [0.5, 0.6) is 5.75 Å². The topological polar surface area (TPSA) is 56.3 Å². The van der Waals surface area contributed by atoms with E-state index < -0.39 is 0 Å². The van der Waals surface area contributed by atoms with Crippen molar-refractivity contribution in [1.29, 1.82) is 0 Å². The summed E-state index contributed by atoms with van der Waals surface area (Å²) in [6.07, 6.45) is 2.65. The summed E-state index contributed by atoms with van der Waals surface area (Å²) in [5.41, 5.74) is 7.92. The highest BCUT2D eigenvalue weighted by atomic mass is 16.5. The maximum absolute atomic E-state index is 6.03. The minimum Gasteiger partial charge on any atom is -0.494 e. The molecule has 2 N–H and O–H groups in total. The van der Waals surface area contributed by atoms with Crippen molar-refractivity contribution in [2.24, 2.45) is 0 Å². The normalized spacial score (nSPS) is 15.3. The SMILES string of the molecule is COc1cccc2c1nc(N)n2CCN(C)C1CC1. The Balaban J connectivity index is 1.87. The first-order chi connectivity index (χ1) is 9.20. The van der Waals surface area contributed by atoms with Crippen LogP contribution in [0.2, 0.25) is 0 Å². The highest BCUT2D eigenvalue weighted by Gasteiger charge is 2.25. The van der Waals surface area contributed by atoms with Crippen LogP contribution in [0.4, 0.5) is 5.95 Å². The Morgan fingerprint density at radius 2 is 2.26 bits per heavy atom. The number of nitrogens with two attached hydrogens (primary N) is 1. The number of methoxy groups -OCH3 is 1. The van der Waals surface area contributed by atoms with Gasteiger partial charge in [0.25, 0.3) is 0 Å². The molecular formula is C14H20N4O. The predicted octanol–water partition coefficient (Wildman–Crippen LogP) is 1.72. The van der Waals surface area contributed by atoms with E-state index in [1.54, 1.807) is 7.11 Å². The zero-order valence-corrected chi connectivity index (χ0v) is 11.5. The van der Waals surface area contributed by atoms with E-state index >= 15 is 0 Å². The van der Waals surface area contributed by atoms with Crippen LogP contribution >= 0.6 is 0 Å². The maximum atomic E-state index is 6.03. The first kappa shape index (κ1) is 12.3. The predicted molar refractivity (Wildman–Crippen MR) is 76.3 cm³/mol. The zero-order valence-electron chi connectivity index (χ0n) is 11.5. The minimum atomic E-state index is 0.559. The van der Waals surface area contributed by atoms with Gasteiger partial charge in [-0.2, -0.15) is 0 Å². The molecule has 0 amide bonds. The van der Waals surface area contributed by atoms with E-state index in [0.29, 0.717) is 5.95 Å². The lowest BCUT2D eigenvalue weighted by molar-refractivity contribution is 0.311. The largest absolute Gasteiger partial charge is 0.494 e. The third kappa shape index (κ3) is 2.26. The molecule has 5 heteroatoms. The van der Waals surface area contributed by atoms with Crippen LogP contribution in [0, 0.1) is 0 Å². The van der Waals surface area contributed by atoms with Crippen LogP contribution in [0.15, 0.2) is 18.2 Å². The number of hydrogen-bond donors (Lipinski definition) is 1. The van der Waals surface area contributed by atoms with Crippen LogP contribution in [-0.4, -0.2) is 41.2 Å². The van der Waals surface area contributed by atoms with Crippen LogP contribution in [-0.2, 0) is 6.54 Å². The maximum Gasteiger partial charge on any atom is 0.201 e. The molecule has 1 aliphatic rings. The molecule has 0 bridgehead atoms. The van der Waals surface area contributed by atoms with Crippen molar-refractivity contribution < 1.29 is 4.74 Å². The van der Waals surface area contributed by atoms with Crippen LogP contribution in [0.25, 0.3) is 11.0 Å². The summed E-state index contributed by atoms with van der Waals surface area (Å²) in [6.45, 7) is 1.86. The van der Waals surface area contributed by atoms with E-state index in [9.17, 15) is 0 Å². The van der Waals surface area contributed by atoms with Crippen LogP contribution in [0.1, 0.15) is 12.8 Å². The van der Waals surface area contributed by atoms with Gasteiger partial charge in [-0.3, -0.25) is 0 Å². The Labute approximate surface area is 113 Å². The van der Waals surface area contributed by atoms with E-state index in [0.717, 1.165) is 35.9 Å². The summed E-state index contributed by atoms with van der Waals surface area (Å²) in [5.74, 6) is 1.34. The molecule has 1 saturated carbocycles. The summed E-state index contributed by atoms with van der Waals surface area (Å²) in [6, 6.07) is 6.70. The summed E-state index contributed by atoms with van der Waals surface area (Å²) in [4.78, 5) is 6.81. The minimum absolute atomic E-state index is 0.559. The van der Waals surface area contributed by atoms with E-state index in [-0.39, 0.29) is 0 Å². The first-order valence-electron chi connectivity index (χ1n) is 6.69. The summed E-state index contributed by atoms with van der Waals surface area (Å²) >= 11 is 0.